The van der Waals surface area contributed by atoms with Crippen molar-refractivity contribution in [3.8, 4) is 22.4 Å². The van der Waals surface area contributed by atoms with Crippen molar-refractivity contribution in [2.24, 2.45) is 5.92 Å². The number of para-hydroxylation sites is 1. The van der Waals surface area contributed by atoms with Crippen molar-refractivity contribution in [3.63, 3.8) is 0 Å². The second-order valence-electron chi connectivity index (χ2n) is 10.1. The molecule has 0 aliphatic rings. The maximum absolute atomic E-state index is 8.50. The molecule has 0 bridgehead atoms. The Morgan fingerprint density at radius 2 is 1.64 bits per heavy atom. The van der Waals surface area contributed by atoms with Gasteiger partial charge < -0.3 is 4.42 Å². The van der Waals surface area contributed by atoms with Gasteiger partial charge in [0.2, 0.25) is 0 Å². The van der Waals surface area contributed by atoms with Crippen LogP contribution >= 0.6 is 0 Å². The third-order valence-electron chi connectivity index (χ3n) is 6.07. The summed E-state index contributed by atoms with van der Waals surface area (Å²) in [7, 11) is -1.33. The number of furan rings is 1. The van der Waals surface area contributed by atoms with E-state index in [0.717, 1.165) is 38.8 Å². The van der Waals surface area contributed by atoms with Gasteiger partial charge in [0.1, 0.15) is 11.2 Å². The number of hydrogen-bond donors (Lipinski definition) is 0. The zero-order valence-electron chi connectivity index (χ0n) is 21.9. The van der Waals surface area contributed by atoms with Crippen LogP contribution in [-0.2, 0) is 6.37 Å². The van der Waals surface area contributed by atoms with Gasteiger partial charge in [0.15, 0.2) is 0 Å². The van der Waals surface area contributed by atoms with E-state index in [2.05, 4.69) is 73.2 Å². The van der Waals surface area contributed by atoms with E-state index in [4.69, 9.17) is 7.16 Å². The van der Waals surface area contributed by atoms with Crippen molar-refractivity contribution in [2.75, 3.05) is 0 Å². The van der Waals surface area contributed by atoms with Crippen molar-refractivity contribution >= 4 is 35.2 Å². The summed E-state index contributed by atoms with van der Waals surface area (Å²) in [5.74, 6) is -0.141. The van der Waals surface area contributed by atoms with Crippen LogP contribution in [0, 0.1) is 5.92 Å². The molecule has 0 spiro atoms. The van der Waals surface area contributed by atoms with Crippen LogP contribution in [0.1, 0.15) is 22.2 Å². The molecule has 0 N–H and O–H groups in total. The normalized spacial score (nSPS) is 13.5. The molecule has 5 rings (SSSR count). The molecule has 0 fully saturated rings. The van der Waals surface area contributed by atoms with Gasteiger partial charge in [-0.3, -0.25) is 4.98 Å². The molecule has 0 aliphatic heterocycles. The molecule has 3 heteroatoms. The molecular weight excluding hydrogens is 418 g/mol. The second-order valence-corrected chi connectivity index (χ2v) is 15.1. The first-order valence-electron chi connectivity index (χ1n) is 12.6. The topological polar surface area (TPSA) is 26.0 Å². The molecule has 3 aromatic carbocycles. The van der Waals surface area contributed by atoms with Gasteiger partial charge in [0, 0.05) is 25.3 Å². The highest BCUT2D eigenvalue weighted by Gasteiger charge is 2.17. The number of pyridine rings is 1. The Balaban J connectivity index is 1.60. The average Bonchev–Trinajstić information content (AvgIpc) is 3.21. The van der Waals surface area contributed by atoms with Crippen molar-refractivity contribution in [3.05, 3.63) is 84.6 Å². The van der Waals surface area contributed by atoms with Gasteiger partial charge in [-0.25, -0.2) is 0 Å². The lowest BCUT2D eigenvalue weighted by Crippen LogP contribution is -2.37. The van der Waals surface area contributed by atoms with E-state index in [-0.39, 0.29) is 5.92 Å². The molecule has 0 aliphatic carbocycles. The summed E-state index contributed by atoms with van der Waals surface area (Å²) >= 11 is 0. The smallest absolute Gasteiger partial charge is 0.144 e. The zero-order chi connectivity index (χ0) is 25.0. The number of fused-ring (bicyclic) bond motifs is 3. The van der Waals surface area contributed by atoms with Crippen molar-refractivity contribution in [1.82, 2.24) is 4.98 Å². The number of hydrogen-bond acceptors (Lipinski definition) is 2. The first kappa shape index (κ1) is 19.3. The van der Waals surface area contributed by atoms with E-state index in [1.54, 1.807) is 12.3 Å². The van der Waals surface area contributed by atoms with Gasteiger partial charge in [0.25, 0.3) is 0 Å². The van der Waals surface area contributed by atoms with E-state index in [9.17, 15) is 0 Å². The highest BCUT2D eigenvalue weighted by Crippen LogP contribution is 2.37. The van der Waals surface area contributed by atoms with Crippen LogP contribution in [0.2, 0.25) is 19.6 Å². The van der Waals surface area contributed by atoms with E-state index >= 15 is 0 Å². The van der Waals surface area contributed by atoms with Gasteiger partial charge >= 0.3 is 0 Å². The minimum Gasteiger partial charge on any atom is -0.455 e. The van der Waals surface area contributed by atoms with E-state index < -0.39 is 14.4 Å². The molecule has 166 valence electrons. The fourth-order valence-electron chi connectivity index (χ4n) is 4.34. The molecule has 2 nitrogen and oxygen atoms in total. The predicted molar refractivity (Wildman–Crippen MR) is 144 cm³/mol. The van der Waals surface area contributed by atoms with Crippen molar-refractivity contribution in [1.29, 1.82) is 0 Å². The Labute approximate surface area is 200 Å². The van der Waals surface area contributed by atoms with E-state index in [0.29, 0.717) is 5.56 Å². The summed E-state index contributed by atoms with van der Waals surface area (Å²) in [5, 5.41) is 3.56. The molecule has 0 amide bonds. The van der Waals surface area contributed by atoms with Crippen LogP contribution in [-0.4, -0.2) is 13.1 Å². The number of aromatic nitrogens is 1. The van der Waals surface area contributed by atoms with Crippen LogP contribution in [0.4, 0.5) is 0 Å². The minimum atomic E-state index is -1.43. The van der Waals surface area contributed by atoms with Crippen molar-refractivity contribution in [2.45, 2.75) is 39.9 Å². The summed E-state index contributed by atoms with van der Waals surface area (Å²) in [6.07, 6.45) is 0.258. The summed E-state index contributed by atoms with van der Waals surface area (Å²) in [6, 6.07) is 25.1. The lowest BCUT2D eigenvalue weighted by Gasteiger charge is -2.16. The molecule has 5 aromatic rings. The Bertz CT molecular complexity index is 1530. The predicted octanol–water partition coefficient (Wildman–Crippen LogP) is 8.06. The SMILES string of the molecule is [2H]C([2H])(c1ccnc(-c2cccc3c2oc2cc(-c4ccc([Si](C)(C)C)cc4)ccc23)c1)C(C)C. The molecule has 0 radical (unpaired) electrons. The first-order valence-corrected chi connectivity index (χ1v) is 15.1. The number of rotatable bonds is 5. The lowest BCUT2D eigenvalue weighted by molar-refractivity contribution is 0.647. The van der Waals surface area contributed by atoms with Gasteiger partial charge in [-0.1, -0.05) is 81.1 Å². The van der Waals surface area contributed by atoms with Crippen LogP contribution in [0.5, 0.6) is 0 Å². The third kappa shape index (κ3) is 4.25. The first-order chi connectivity index (χ1) is 16.6. The molecule has 0 saturated carbocycles. The van der Waals surface area contributed by atoms with Gasteiger partial charge in [0.05, 0.1) is 13.8 Å². The Kier molecular flexibility index (Phi) is 4.86. The van der Waals surface area contributed by atoms with E-state index in [1.807, 2.05) is 32.0 Å². The van der Waals surface area contributed by atoms with Gasteiger partial charge in [-0.15, -0.1) is 0 Å². The molecule has 0 atom stereocenters. The largest absolute Gasteiger partial charge is 0.455 e. The Hall–Kier alpha value is -3.17. The second kappa shape index (κ2) is 8.31. The maximum Gasteiger partial charge on any atom is 0.144 e. The Morgan fingerprint density at radius 1 is 0.879 bits per heavy atom. The highest BCUT2D eigenvalue weighted by molar-refractivity contribution is 6.88. The van der Waals surface area contributed by atoms with Crippen molar-refractivity contribution < 1.29 is 7.16 Å². The fraction of sp³-hybridized carbons (Fsp3) is 0.233. The summed E-state index contributed by atoms with van der Waals surface area (Å²) in [4.78, 5) is 4.57. The van der Waals surface area contributed by atoms with Crippen LogP contribution < -0.4 is 5.19 Å². The lowest BCUT2D eigenvalue weighted by atomic mass is 10.00. The van der Waals surface area contributed by atoms with Crippen LogP contribution in [0.25, 0.3) is 44.3 Å². The minimum absolute atomic E-state index is 0.141. The number of nitrogens with zero attached hydrogens (tertiary/aromatic N) is 1. The molecular formula is C30H31NOSi. The van der Waals surface area contributed by atoms with Crippen LogP contribution in [0.3, 0.4) is 0 Å². The third-order valence-corrected chi connectivity index (χ3v) is 8.14. The van der Waals surface area contributed by atoms with E-state index in [1.165, 1.54) is 10.8 Å². The van der Waals surface area contributed by atoms with Crippen LogP contribution in [0.15, 0.2) is 83.4 Å². The summed E-state index contributed by atoms with van der Waals surface area (Å²) in [6.45, 7) is 10.9. The Morgan fingerprint density at radius 3 is 2.36 bits per heavy atom. The standard InChI is InChI=1S/C30H31NOSi/c1-20(2)17-21-15-16-31-28(18-21)27-8-6-7-26-25-14-11-23(19-29(25)32-30(26)27)22-9-12-24(13-10-22)33(3,4)5/h6-16,18-20H,17H2,1-5H3/i17D2. The monoisotopic (exact) mass is 451 g/mol. The average molecular weight is 452 g/mol. The van der Waals surface area contributed by atoms with Gasteiger partial charge in [-0.2, -0.15) is 0 Å². The summed E-state index contributed by atoms with van der Waals surface area (Å²) in [5.41, 5.74) is 6.16. The molecule has 2 aromatic heterocycles. The molecule has 2 heterocycles. The fourth-order valence-corrected chi connectivity index (χ4v) is 5.51. The zero-order valence-corrected chi connectivity index (χ0v) is 20.9. The van der Waals surface area contributed by atoms with Gasteiger partial charge in [-0.05, 0) is 59.3 Å². The molecule has 0 unspecified atom stereocenters. The maximum atomic E-state index is 8.50. The number of benzene rings is 3. The highest BCUT2D eigenvalue weighted by atomic mass is 28.3. The molecule has 0 saturated heterocycles. The molecule has 33 heavy (non-hydrogen) atoms. The quantitative estimate of drug-likeness (QED) is 0.253. The summed E-state index contributed by atoms with van der Waals surface area (Å²) < 4.78 is 23.4.